The zero-order valence-corrected chi connectivity index (χ0v) is 46.0. The van der Waals surface area contributed by atoms with Crippen molar-refractivity contribution in [2.24, 2.45) is 0 Å². The van der Waals surface area contributed by atoms with Gasteiger partial charge in [-0.05, 0) is 19.3 Å². The summed E-state index contributed by atoms with van der Waals surface area (Å²) < 4.78 is 51.5. The largest absolute Gasteiger partial charge is 0.344 e. The first-order valence-electron chi connectivity index (χ1n) is 28.7. The number of rotatable bonds is 55. The summed E-state index contributed by atoms with van der Waals surface area (Å²) in [6, 6.07) is 0. The van der Waals surface area contributed by atoms with Gasteiger partial charge in [-0.1, -0.05) is 310 Å². The van der Waals surface area contributed by atoms with Crippen LogP contribution in [0.4, 0.5) is 0 Å². The van der Waals surface area contributed by atoms with E-state index in [1.165, 1.54) is 231 Å². The normalized spacial score (nSPS) is 14.8. The van der Waals surface area contributed by atoms with Crippen molar-refractivity contribution < 1.29 is 32.1 Å². The molecule has 0 heterocycles. The minimum absolute atomic E-state index is 0.0987. The molecule has 0 aromatic heterocycles. The van der Waals surface area contributed by atoms with E-state index in [9.17, 15) is 23.5 Å². The molecule has 64 heavy (non-hydrogen) atoms. The van der Waals surface area contributed by atoms with Gasteiger partial charge in [0.05, 0.1) is 18.5 Å². The molecule has 0 aromatic carbocycles. The molecule has 0 rings (SSSR count). The Morgan fingerprint density at radius 2 is 0.375 bits per heavy atom. The molecule has 2 atom stereocenters. The second-order valence-corrected chi connectivity index (χ2v) is 26.5. The quantitative estimate of drug-likeness (QED) is 0.0461. The summed E-state index contributed by atoms with van der Waals surface area (Å²) >= 11 is 0. The average Bonchev–Trinajstić information content (AvgIpc) is 3.25. The summed E-state index contributed by atoms with van der Waals surface area (Å²) in [6.45, 7) is 6.80. The smallest absolute Gasteiger partial charge is 0.324 e. The van der Waals surface area contributed by atoms with Gasteiger partial charge in [0.1, 0.15) is 0 Å². The van der Waals surface area contributed by atoms with E-state index in [0.29, 0.717) is 19.3 Å². The SMILES string of the molecule is CCCCCCCCCCCCCCCCCCP(=O)(O)OP(=O)(CCCCCCCCCCCCCCCCCC)OP(=O)(O)CCCCCCCCCCCCCCCCCC. The Balaban J connectivity index is 4.56. The van der Waals surface area contributed by atoms with E-state index in [2.05, 4.69) is 20.8 Å². The molecule has 7 nitrogen and oxygen atoms in total. The highest BCUT2D eigenvalue weighted by atomic mass is 31.3. The molecule has 0 aliphatic rings. The van der Waals surface area contributed by atoms with Crippen molar-refractivity contribution in [2.75, 3.05) is 18.5 Å². The number of hydrogen-bond acceptors (Lipinski definition) is 5. The van der Waals surface area contributed by atoms with Crippen molar-refractivity contribution in [3.63, 3.8) is 0 Å². The van der Waals surface area contributed by atoms with Crippen LogP contribution in [0.1, 0.15) is 329 Å². The lowest BCUT2D eigenvalue weighted by Gasteiger charge is -2.23. The molecule has 0 saturated heterocycles. The van der Waals surface area contributed by atoms with Crippen LogP contribution < -0.4 is 0 Å². The van der Waals surface area contributed by atoms with Gasteiger partial charge in [0.15, 0.2) is 0 Å². The third-order valence-electron chi connectivity index (χ3n) is 13.4. The fraction of sp³-hybridized carbons (Fsp3) is 1.00. The van der Waals surface area contributed by atoms with E-state index in [-0.39, 0.29) is 18.5 Å². The monoisotopic (exact) mass is 967 g/mol. The summed E-state index contributed by atoms with van der Waals surface area (Å²) in [5, 5.41) is 0. The first-order chi connectivity index (χ1) is 31.1. The molecule has 0 amide bonds. The highest BCUT2D eigenvalue weighted by Crippen LogP contribution is 2.69. The third kappa shape index (κ3) is 49.0. The lowest BCUT2D eigenvalue weighted by atomic mass is 10.0. The topological polar surface area (TPSA) is 110 Å². The molecule has 0 saturated carbocycles. The molecular formula is C54H113O7P3. The molecule has 2 unspecified atom stereocenters. The van der Waals surface area contributed by atoms with Crippen LogP contribution in [0, 0.1) is 0 Å². The van der Waals surface area contributed by atoms with Gasteiger partial charge in [-0.15, -0.1) is 0 Å². The fourth-order valence-electron chi connectivity index (χ4n) is 9.14. The third-order valence-corrected chi connectivity index (χ3v) is 20.0. The van der Waals surface area contributed by atoms with Crippen LogP contribution in [0.15, 0.2) is 0 Å². The Hall–Kier alpha value is 0.530. The van der Waals surface area contributed by atoms with Gasteiger partial charge < -0.3 is 9.79 Å². The molecule has 0 fully saturated rings. The summed E-state index contributed by atoms with van der Waals surface area (Å²) in [4.78, 5) is 21.7. The van der Waals surface area contributed by atoms with Crippen molar-refractivity contribution in [2.45, 2.75) is 329 Å². The van der Waals surface area contributed by atoms with Gasteiger partial charge in [-0.2, -0.15) is 0 Å². The van der Waals surface area contributed by atoms with Crippen LogP contribution in [-0.4, -0.2) is 28.3 Å². The molecule has 0 bridgehead atoms. The van der Waals surface area contributed by atoms with Gasteiger partial charge in [-0.3, -0.25) is 13.7 Å². The minimum atomic E-state index is -4.26. The molecule has 0 radical (unpaired) electrons. The van der Waals surface area contributed by atoms with Gasteiger partial charge >= 0.3 is 22.8 Å². The molecule has 0 aliphatic heterocycles. The lowest BCUT2D eigenvalue weighted by Crippen LogP contribution is -2.03. The Morgan fingerprint density at radius 1 is 0.234 bits per heavy atom. The van der Waals surface area contributed by atoms with Crippen molar-refractivity contribution >= 4 is 22.8 Å². The Labute approximate surface area is 400 Å². The van der Waals surface area contributed by atoms with Gasteiger partial charge in [0.2, 0.25) is 0 Å². The molecule has 2 N–H and O–H groups in total. The van der Waals surface area contributed by atoms with Crippen molar-refractivity contribution in [1.29, 1.82) is 0 Å². The minimum Gasteiger partial charge on any atom is -0.324 e. The number of hydrogen-bond donors (Lipinski definition) is 2. The first-order valence-corrected chi connectivity index (χ1v) is 34.0. The van der Waals surface area contributed by atoms with Crippen molar-refractivity contribution in [3.05, 3.63) is 0 Å². The standard InChI is InChI=1S/C54H113O7P3/c1-4-7-10-13-16-19-22-25-28-31-34-37-40-43-46-49-52-62(55,56)60-64(59,54-51-48-45-42-39-36-33-30-27-24-21-18-15-12-9-6-3)61-63(57,58)53-50-47-44-41-38-35-32-29-26-23-20-17-14-11-8-5-2/h4-54H2,1-3H3,(H,55,56)(H,57,58). The summed E-state index contributed by atoms with van der Waals surface area (Å²) in [5.74, 6) is 0. The zero-order valence-electron chi connectivity index (χ0n) is 43.3. The molecule has 10 heteroatoms. The summed E-state index contributed by atoms with van der Waals surface area (Å²) in [5.41, 5.74) is 0. The molecule has 0 spiro atoms. The van der Waals surface area contributed by atoms with Gasteiger partial charge in [-0.25, -0.2) is 8.62 Å². The fourth-order valence-corrected chi connectivity index (χ4v) is 15.8. The summed E-state index contributed by atoms with van der Waals surface area (Å²) in [7, 11) is -12.8. The predicted molar refractivity (Wildman–Crippen MR) is 283 cm³/mol. The van der Waals surface area contributed by atoms with Crippen LogP contribution in [0.25, 0.3) is 0 Å². The highest BCUT2D eigenvalue weighted by Gasteiger charge is 2.40. The Bertz CT molecular complexity index is 1030. The van der Waals surface area contributed by atoms with Gasteiger partial charge in [0, 0.05) is 0 Å². The average molecular weight is 967 g/mol. The van der Waals surface area contributed by atoms with E-state index in [4.69, 9.17) is 8.62 Å². The second-order valence-electron chi connectivity index (χ2n) is 20.1. The summed E-state index contributed by atoms with van der Waals surface area (Å²) in [6.07, 6.45) is 57.8. The Kier molecular flexibility index (Phi) is 49.0. The van der Waals surface area contributed by atoms with Crippen LogP contribution in [0.3, 0.4) is 0 Å². The van der Waals surface area contributed by atoms with Crippen LogP contribution >= 0.6 is 22.8 Å². The van der Waals surface area contributed by atoms with Crippen LogP contribution in [0.2, 0.25) is 0 Å². The maximum absolute atomic E-state index is 14.0. The van der Waals surface area contributed by atoms with Crippen LogP contribution in [0.5, 0.6) is 0 Å². The van der Waals surface area contributed by atoms with E-state index in [1.54, 1.807) is 0 Å². The lowest BCUT2D eigenvalue weighted by molar-refractivity contribution is 0.311. The second kappa shape index (κ2) is 48.5. The number of unbranched alkanes of at least 4 members (excludes halogenated alkanes) is 45. The first kappa shape index (κ1) is 64.5. The maximum Gasteiger partial charge on any atom is 0.344 e. The molecule has 0 aliphatic carbocycles. The Morgan fingerprint density at radius 3 is 0.547 bits per heavy atom. The highest BCUT2D eigenvalue weighted by molar-refractivity contribution is 7.72. The predicted octanol–water partition coefficient (Wildman–Crippen LogP) is 21.4. The van der Waals surface area contributed by atoms with E-state index in [1.807, 2.05) is 0 Å². The molecule has 0 aromatic rings. The molecular weight excluding hydrogens is 854 g/mol. The van der Waals surface area contributed by atoms with E-state index < -0.39 is 22.8 Å². The van der Waals surface area contributed by atoms with Crippen LogP contribution in [-0.2, 0) is 22.3 Å². The van der Waals surface area contributed by atoms with Crippen molar-refractivity contribution in [1.82, 2.24) is 0 Å². The van der Waals surface area contributed by atoms with E-state index >= 15 is 0 Å². The molecule has 386 valence electrons. The van der Waals surface area contributed by atoms with E-state index in [0.717, 1.165) is 57.8 Å². The van der Waals surface area contributed by atoms with Gasteiger partial charge in [0.25, 0.3) is 0 Å². The maximum atomic E-state index is 14.0. The van der Waals surface area contributed by atoms with Crippen molar-refractivity contribution in [3.8, 4) is 0 Å². The zero-order chi connectivity index (χ0) is 47.0.